The first-order chi connectivity index (χ1) is 17.4. The fourth-order valence-corrected chi connectivity index (χ4v) is 6.21. The van der Waals surface area contributed by atoms with E-state index < -0.39 is 0 Å². The molecule has 2 aromatic carbocycles. The molecule has 0 spiro atoms. The second-order valence-corrected chi connectivity index (χ2v) is 10.0. The van der Waals surface area contributed by atoms with Gasteiger partial charge in [0.2, 0.25) is 0 Å². The number of aromatic amines is 1. The predicted octanol–water partition coefficient (Wildman–Crippen LogP) is 6.45. The summed E-state index contributed by atoms with van der Waals surface area (Å²) in [5.74, 6) is 0.997. The van der Waals surface area contributed by atoms with E-state index in [2.05, 4.69) is 53.7 Å². The van der Waals surface area contributed by atoms with Gasteiger partial charge >= 0.3 is 0 Å². The molecule has 0 saturated heterocycles. The standard InChI is InChI=1S/C31H34N2O3/c1-19-18-29(36-4)26(31(35)32-19)16-17-28(34)30-21(3)33(27-15-8-7-13-25(27)30)20(2)23-14-9-11-22-10-5-6-12-24(22)23/h5-8,10,12-13,15,18,20,23H,9,11,14,16-17H2,1-4H3,(H,32,35). The van der Waals surface area contributed by atoms with Gasteiger partial charge in [-0.3, -0.25) is 9.59 Å². The Bertz CT molecular complexity index is 1490. The summed E-state index contributed by atoms with van der Waals surface area (Å²) in [6.45, 7) is 6.18. The van der Waals surface area contributed by atoms with Crippen LogP contribution in [0.1, 0.15) is 76.6 Å². The van der Waals surface area contributed by atoms with Gasteiger partial charge in [-0.1, -0.05) is 42.5 Å². The SMILES string of the molecule is COc1cc(C)[nH]c(=O)c1CCC(=O)c1c(C)n(C(C)C2CCCc3ccccc32)c2ccccc12. The zero-order chi connectivity index (χ0) is 25.4. The van der Waals surface area contributed by atoms with Gasteiger partial charge < -0.3 is 14.3 Å². The second-order valence-electron chi connectivity index (χ2n) is 10.0. The number of ether oxygens (including phenoxy) is 1. The van der Waals surface area contributed by atoms with Gasteiger partial charge in [0.05, 0.1) is 12.7 Å². The van der Waals surface area contributed by atoms with Gasteiger partial charge in [-0.25, -0.2) is 0 Å². The highest BCUT2D eigenvalue weighted by Gasteiger charge is 2.30. The molecule has 0 fully saturated rings. The van der Waals surface area contributed by atoms with Crippen LogP contribution in [0.15, 0.2) is 59.4 Å². The van der Waals surface area contributed by atoms with E-state index in [4.69, 9.17) is 4.74 Å². The quantitative estimate of drug-likeness (QED) is 0.308. The van der Waals surface area contributed by atoms with Gasteiger partial charge in [-0.05, 0) is 69.7 Å². The van der Waals surface area contributed by atoms with E-state index in [0.29, 0.717) is 23.7 Å². The number of fused-ring (bicyclic) bond motifs is 2. The molecule has 2 aromatic heterocycles. The molecule has 0 radical (unpaired) electrons. The third kappa shape index (κ3) is 4.17. The van der Waals surface area contributed by atoms with E-state index in [1.807, 2.05) is 31.2 Å². The lowest BCUT2D eigenvalue weighted by Gasteiger charge is -2.32. The number of nitrogens with zero attached hydrogens (tertiary/aromatic N) is 1. The highest BCUT2D eigenvalue weighted by molar-refractivity contribution is 6.09. The summed E-state index contributed by atoms with van der Waals surface area (Å²) in [6.07, 6.45) is 4.04. The van der Waals surface area contributed by atoms with Gasteiger partial charge in [-0.2, -0.15) is 0 Å². The lowest BCUT2D eigenvalue weighted by Crippen LogP contribution is -2.21. The Labute approximate surface area is 212 Å². The van der Waals surface area contributed by atoms with Crippen molar-refractivity contribution in [2.45, 2.75) is 64.8 Å². The lowest BCUT2D eigenvalue weighted by atomic mass is 9.79. The van der Waals surface area contributed by atoms with Gasteiger partial charge in [-0.15, -0.1) is 0 Å². The van der Waals surface area contributed by atoms with Crippen LogP contribution in [0, 0.1) is 13.8 Å². The molecule has 0 saturated carbocycles. The Kier molecular flexibility index (Phi) is 6.57. The van der Waals surface area contributed by atoms with Crippen LogP contribution in [0.5, 0.6) is 5.75 Å². The van der Waals surface area contributed by atoms with E-state index in [0.717, 1.165) is 40.7 Å². The summed E-state index contributed by atoms with van der Waals surface area (Å²) in [5.41, 5.74) is 6.82. The topological polar surface area (TPSA) is 64.1 Å². The number of benzene rings is 2. The fourth-order valence-electron chi connectivity index (χ4n) is 6.21. The van der Waals surface area contributed by atoms with Crippen molar-refractivity contribution in [2.24, 2.45) is 0 Å². The predicted molar refractivity (Wildman–Crippen MR) is 145 cm³/mol. The number of methoxy groups -OCH3 is 1. The third-order valence-electron chi connectivity index (χ3n) is 7.89. The molecule has 0 bridgehead atoms. The molecule has 2 atom stereocenters. The van der Waals surface area contributed by atoms with Crippen LogP contribution in [0.25, 0.3) is 10.9 Å². The molecule has 1 N–H and O–H groups in total. The van der Waals surface area contributed by atoms with Crippen molar-refractivity contribution in [3.63, 3.8) is 0 Å². The largest absolute Gasteiger partial charge is 0.496 e. The number of ketones is 1. The number of carbonyl (C=O) groups is 1. The Morgan fingerprint density at radius 1 is 1.14 bits per heavy atom. The van der Waals surface area contributed by atoms with Crippen molar-refractivity contribution < 1.29 is 9.53 Å². The zero-order valence-corrected chi connectivity index (χ0v) is 21.6. The summed E-state index contributed by atoms with van der Waals surface area (Å²) in [5, 5.41) is 0.987. The van der Waals surface area contributed by atoms with Crippen molar-refractivity contribution in [1.29, 1.82) is 0 Å². The van der Waals surface area contributed by atoms with Crippen molar-refractivity contribution in [2.75, 3.05) is 7.11 Å². The van der Waals surface area contributed by atoms with E-state index in [1.165, 1.54) is 17.5 Å². The maximum absolute atomic E-state index is 13.7. The van der Waals surface area contributed by atoms with E-state index in [-0.39, 0.29) is 23.8 Å². The molecule has 5 rings (SSSR count). The maximum atomic E-state index is 13.7. The van der Waals surface area contributed by atoms with Crippen molar-refractivity contribution in [1.82, 2.24) is 9.55 Å². The van der Waals surface area contributed by atoms with Crippen LogP contribution in [-0.4, -0.2) is 22.4 Å². The van der Waals surface area contributed by atoms with Gasteiger partial charge in [0.15, 0.2) is 5.78 Å². The maximum Gasteiger partial charge on any atom is 0.255 e. The minimum Gasteiger partial charge on any atom is -0.496 e. The van der Waals surface area contributed by atoms with Crippen molar-refractivity contribution in [3.8, 4) is 5.75 Å². The summed E-state index contributed by atoms with van der Waals surface area (Å²) in [6, 6.07) is 19.0. The molecule has 1 aliphatic rings. The molecule has 5 heteroatoms. The average Bonchev–Trinajstić information content (AvgIpc) is 3.18. The number of Topliss-reactive ketones (excluding diaryl/α,β-unsaturated/α-hetero) is 1. The number of aromatic nitrogens is 2. The minimum absolute atomic E-state index is 0.0562. The van der Waals surface area contributed by atoms with Gasteiger partial charge in [0, 0.05) is 46.2 Å². The molecular formula is C31H34N2O3. The number of carbonyl (C=O) groups excluding carboxylic acids is 1. The first-order valence-corrected chi connectivity index (χ1v) is 12.9. The number of hydrogen-bond donors (Lipinski definition) is 1. The Morgan fingerprint density at radius 2 is 1.89 bits per heavy atom. The average molecular weight is 483 g/mol. The van der Waals surface area contributed by atoms with Crippen LogP contribution in [0.2, 0.25) is 0 Å². The van der Waals surface area contributed by atoms with Crippen LogP contribution in [0.3, 0.4) is 0 Å². The summed E-state index contributed by atoms with van der Waals surface area (Å²) < 4.78 is 7.80. The number of H-pyrrole nitrogens is 1. The number of para-hydroxylation sites is 1. The molecule has 0 amide bonds. The third-order valence-corrected chi connectivity index (χ3v) is 7.89. The monoisotopic (exact) mass is 482 g/mol. The van der Waals surface area contributed by atoms with Crippen molar-refractivity contribution in [3.05, 3.63) is 98.6 Å². The summed E-state index contributed by atoms with van der Waals surface area (Å²) in [4.78, 5) is 29.1. The van der Waals surface area contributed by atoms with Crippen LogP contribution >= 0.6 is 0 Å². The summed E-state index contributed by atoms with van der Waals surface area (Å²) in [7, 11) is 1.56. The first kappa shape index (κ1) is 24.1. The molecule has 0 aliphatic heterocycles. The number of aryl methyl sites for hydroxylation is 2. The highest BCUT2D eigenvalue weighted by Crippen LogP contribution is 2.42. The Hall–Kier alpha value is -3.60. The number of hydrogen-bond acceptors (Lipinski definition) is 3. The fraction of sp³-hybridized carbons (Fsp3) is 0.355. The van der Waals surface area contributed by atoms with E-state index in [1.54, 1.807) is 7.11 Å². The number of pyridine rings is 1. The minimum atomic E-state index is -0.191. The van der Waals surface area contributed by atoms with Gasteiger partial charge in [0.1, 0.15) is 5.75 Å². The van der Waals surface area contributed by atoms with Crippen LogP contribution in [-0.2, 0) is 12.8 Å². The summed E-state index contributed by atoms with van der Waals surface area (Å²) >= 11 is 0. The van der Waals surface area contributed by atoms with Crippen LogP contribution in [0.4, 0.5) is 0 Å². The van der Waals surface area contributed by atoms with Gasteiger partial charge in [0.25, 0.3) is 5.56 Å². The molecule has 4 aromatic rings. The molecule has 36 heavy (non-hydrogen) atoms. The smallest absolute Gasteiger partial charge is 0.255 e. The molecule has 2 unspecified atom stereocenters. The number of rotatable bonds is 7. The van der Waals surface area contributed by atoms with Crippen molar-refractivity contribution >= 4 is 16.7 Å². The van der Waals surface area contributed by atoms with E-state index >= 15 is 0 Å². The molecular weight excluding hydrogens is 448 g/mol. The Morgan fingerprint density at radius 3 is 2.69 bits per heavy atom. The second kappa shape index (κ2) is 9.81. The molecule has 186 valence electrons. The van der Waals surface area contributed by atoms with E-state index in [9.17, 15) is 9.59 Å². The highest BCUT2D eigenvalue weighted by atomic mass is 16.5. The molecule has 1 aliphatic carbocycles. The first-order valence-electron chi connectivity index (χ1n) is 12.9. The zero-order valence-electron chi connectivity index (χ0n) is 21.6. The van der Waals surface area contributed by atoms with Crippen LogP contribution < -0.4 is 10.3 Å². The molecule has 5 nitrogen and oxygen atoms in total. The molecule has 2 heterocycles. The normalized spacial score (nSPS) is 16.1. The lowest BCUT2D eigenvalue weighted by molar-refractivity contribution is 0.0983. The number of nitrogens with one attached hydrogen (secondary N) is 1. The Balaban J connectivity index is 1.51.